The van der Waals surface area contributed by atoms with Gasteiger partial charge < -0.3 is 19.7 Å². The average Bonchev–Trinajstić information content (AvgIpc) is 3.37. The molecule has 2 rings (SSSR count). The summed E-state index contributed by atoms with van der Waals surface area (Å²) >= 11 is 0. The molecule has 2 unspecified atom stereocenters. The second-order valence-corrected chi connectivity index (χ2v) is 5.97. The van der Waals surface area contributed by atoms with Gasteiger partial charge in [0.2, 0.25) is 0 Å². The van der Waals surface area contributed by atoms with Crippen molar-refractivity contribution in [2.75, 3.05) is 21.3 Å². The van der Waals surface area contributed by atoms with Gasteiger partial charge in [-0.25, -0.2) is 4.79 Å². The van der Waals surface area contributed by atoms with Crippen LogP contribution in [-0.4, -0.2) is 38.2 Å². The van der Waals surface area contributed by atoms with Crippen molar-refractivity contribution in [2.24, 2.45) is 5.92 Å². The summed E-state index contributed by atoms with van der Waals surface area (Å²) in [5.41, 5.74) is 0.934. The zero-order valence-corrected chi connectivity index (χ0v) is 14.1. The highest BCUT2D eigenvalue weighted by atomic mass is 16.5. The summed E-state index contributed by atoms with van der Waals surface area (Å²) in [6.07, 6.45) is 2.45. The molecule has 0 aliphatic heterocycles. The number of nitrogens with one attached hydrogen (secondary N) is 1. The molecule has 0 radical (unpaired) electrons. The number of methoxy groups -OCH3 is 2. The smallest absolute Gasteiger partial charge is 0.317 e. The van der Waals surface area contributed by atoms with Crippen LogP contribution >= 0.6 is 0 Å². The number of carbonyl (C=O) groups is 1. The number of carbonyl (C=O) groups excluding carboxylic acids is 1. The maximum atomic E-state index is 12.4. The lowest BCUT2D eigenvalue weighted by atomic mass is 10.1. The molecule has 1 aromatic carbocycles. The number of hydrogen-bond donors (Lipinski definition) is 1. The molecule has 22 heavy (non-hydrogen) atoms. The van der Waals surface area contributed by atoms with Crippen LogP contribution in [0.1, 0.15) is 38.3 Å². The molecule has 0 saturated heterocycles. The Balaban J connectivity index is 2.04. The van der Waals surface area contributed by atoms with Crippen molar-refractivity contribution in [1.82, 2.24) is 10.2 Å². The van der Waals surface area contributed by atoms with Crippen molar-refractivity contribution in [3.05, 3.63) is 23.8 Å². The number of ether oxygens (including phenoxy) is 2. The number of amides is 2. The van der Waals surface area contributed by atoms with Crippen molar-refractivity contribution in [3.8, 4) is 11.5 Å². The molecular weight excluding hydrogens is 280 g/mol. The molecule has 2 amide bonds. The lowest BCUT2D eigenvalue weighted by Gasteiger charge is -2.27. The van der Waals surface area contributed by atoms with Crippen LogP contribution in [0.25, 0.3) is 0 Å². The summed E-state index contributed by atoms with van der Waals surface area (Å²) < 4.78 is 10.6. The fourth-order valence-corrected chi connectivity index (χ4v) is 2.62. The van der Waals surface area contributed by atoms with Crippen LogP contribution in [0.5, 0.6) is 11.5 Å². The largest absolute Gasteiger partial charge is 0.497 e. The van der Waals surface area contributed by atoms with E-state index < -0.39 is 0 Å². The van der Waals surface area contributed by atoms with Crippen LogP contribution in [0.4, 0.5) is 4.79 Å². The first-order chi connectivity index (χ1) is 10.5. The van der Waals surface area contributed by atoms with E-state index in [4.69, 9.17) is 9.47 Å². The van der Waals surface area contributed by atoms with Crippen molar-refractivity contribution < 1.29 is 14.3 Å². The fraction of sp³-hybridized carbons (Fsp3) is 0.588. The Hall–Kier alpha value is -1.91. The van der Waals surface area contributed by atoms with Gasteiger partial charge in [0.25, 0.3) is 0 Å². The lowest BCUT2D eigenvalue weighted by Crippen LogP contribution is -2.44. The molecule has 2 atom stereocenters. The highest BCUT2D eigenvalue weighted by Gasteiger charge is 2.32. The minimum Gasteiger partial charge on any atom is -0.497 e. The van der Waals surface area contributed by atoms with E-state index >= 15 is 0 Å². The molecule has 5 heteroatoms. The van der Waals surface area contributed by atoms with Gasteiger partial charge in [0.05, 0.1) is 20.3 Å². The predicted molar refractivity (Wildman–Crippen MR) is 86.4 cm³/mol. The molecule has 1 aliphatic rings. The quantitative estimate of drug-likeness (QED) is 0.878. The van der Waals surface area contributed by atoms with Crippen LogP contribution < -0.4 is 14.8 Å². The lowest BCUT2D eigenvalue weighted by molar-refractivity contribution is 0.184. The predicted octanol–water partition coefficient (Wildman–Crippen LogP) is 3.20. The van der Waals surface area contributed by atoms with Gasteiger partial charge in [-0.1, -0.05) is 0 Å². The summed E-state index contributed by atoms with van der Waals surface area (Å²) in [6, 6.07) is 5.72. The molecule has 0 spiro atoms. The number of nitrogens with zero attached hydrogens (tertiary/aromatic N) is 1. The number of urea groups is 1. The van der Waals surface area contributed by atoms with Gasteiger partial charge in [-0.15, -0.1) is 0 Å². The molecule has 5 nitrogen and oxygen atoms in total. The zero-order chi connectivity index (χ0) is 16.3. The average molecular weight is 306 g/mol. The maximum Gasteiger partial charge on any atom is 0.317 e. The summed E-state index contributed by atoms with van der Waals surface area (Å²) in [5, 5.41) is 3.04. The van der Waals surface area contributed by atoms with Gasteiger partial charge in [-0.2, -0.15) is 0 Å². The Kier molecular flexibility index (Phi) is 5.16. The second-order valence-electron chi connectivity index (χ2n) is 5.97. The molecule has 1 saturated carbocycles. The van der Waals surface area contributed by atoms with Crippen LogP contribution in [-0.2, 0) is 0 Å². The Bertz CT molecular complexity index is 529. The maximum absolute atomic E-state index is 12.4. The summed E-state index contributed by atoms with van der Waals surface area (Å²) in [7, 11) is 5.10. The highest BCUT2D eigenvalue weighted by Crippen LogP contribution is 2.35. The number of rotatable bonds is 6. The van der Waals surface area contributed by atoms with Gasteiger partial charge in [-0.3, -0.25) is 0 Å². The van der Waals surface area contributed by atoms with Gasteiger partial charge in [-0.05, 0) is 44.7 Å². The Morgan fingerprint density at radius 3 is 2.50 bits per heavy atom. The SMILES string of the molecule is COc1ccc(C(C)NC(=O)N(C)C(C)C2CC2)c(OC)c1. The molecule has 0 bridgehead atoms. The van der Waals surface area contributed by atoms with E-state index in [1.54, 1.807) is 19.1 Å². The fourth-order valence-electron chi connectivity index (χ4n) is 2.62. The standard InChI is InChI=1S/C17H26N2O3/c1-11(15-9-8-14(21-4)10-16(15)22-5)18-17(20)19(3)12(2)13-6-7-13/h8-13H,6-7H2,1-5H3,(H,18,20). The third-order valence-corrected chi connectivity index (χ3v) is 4.48. The topological polar surface area (TPSA) is 50.8 Å². The molecule has 1 N–H and O–H groups in total. The minimum atomic E-state index is -0.137. The van der Waals surface area contributed by atoms with Gasteiger partial charge >= 0.3 is 6.03 Å². The van der Waals surface area contributed by atoms with Crippen molar-refractivity contribution in [2.45, 2.75) is 38.8 Å². The summed E-state index contributed by atoms with van der Waals surface area (Å²) in [4.78, 5) is 14.2. The third kappa shape index (κ3) is 3.64. The van der Waals surface area contributed by atoms with E-state index in [-0.39, 0.29) is 18.1 Å². The van der Waals surface area contributed by atoms with Crippen molar-refractivity contribution >= 4 is 6.03 Å². The third-order valence-electron chi connectivity index (χ3n) is 4.48. The second kappa shape index (κ2) is 6.90. The van der Waals surface area contributed by atoms with Gasteiger partial charge in [0.15, 0.2) is 0 Å². The number of hydrogen-bond acceptors (Lipinski definition) is 3. The normalized spacial score (nSPS) is 16.6. The molecule has 1 fully saturated rings. The first-order valence-corrected chi connectivity index (χ1v) is 7.73. The molecule has 1 aliphatic carbocycles. The molecule has 1 aromatic rings. The van der Waals surface area contributed by atoms with E-state index in [0.717, 1.165) is 11.3 Å². The highest BCUT2D eigenvalue weighted by molar-refractivity contribution is 5.75. The van der Waals surface area contributed by atoms with E-state index in [0.29, 0.717) is 11.7 Å². The molecule has 0 aromatic heterocycles. The van der Waals surface area contributed by atoms with Gasteiger partial charge in [0.1, 0.15) is 11.5 Å². The Morgan fingerprint density at radius 1 is 1.27 bits per heavy atom. The van der Waals surface area contributed by atoms with Crippen LogP contribution in [0.2, 0.25) is 0 Å². The van der Waals surface area contributed by atoms with Crippen LogP contribution in [0.3, 0.4) is 0 Å². The number of benzene rings is 1. The van der Waals surface area contributed by atoms with Crippen LogP contribution in [0.15, 0.2) is 18.2 Å². The van der Waals surface area contributed by atoms with E-state index in [2.05, 4.69) is 12.2 Å². The van der Waals surface area contributed by atoms with Crippen LogP contribution in [0, 0.1) is 5.92 Å². The first kappa shape index (κ1) is 16.5. The molecule has 122 valence electrons. The minimum absolute atomic E-state index is 0.0511. The van der Waals surface area contributed by atoms with E-state index in [1.807, 2.05) is 32.2 Å². The first-order valence-electron chi connectivity index (χ1n) is 7.73. The van der Waals surface area contributed by atoms with E-state index in [1.165, 1.54) is 12.8 Å². The molecule has 0 heterocycles. The Labute approximate surface area is 132 Å². The summed E-state index contributed by atoms with van der Waals surface area (Å²) in [5.74, 6) is 2.10. The summed E-state index contributed by atoms with van der Waals surface area (Å²) in [6.45, 7) is 4.06. The Morgan fingerprint density at radius 2 is 1.95 bits per heavy atom. The van der Waals surface area contributed by atoms with Crippen molar-refractivity contribution in [3.63, 3.8) is 0 Å². The van der Waals surface area contributed by atoms with Gasteiger partial charge in [0, 0.05) is 24.7 Å². The monoisotopic (exact) mass is 306 g/mol. The van der Waals surface area contributed by atoms with E-state index in [9.17, 15) is 4.79 Å². The zero-order valence-electron chi connectivity index (χ0n) is 14.1. The van der Waals surface area contributed by atoms with Crippen molar-refractivity contribution in [1.29, 1.82) is 0 Å². The molecular formula is C17H26N2O3.